The highest BCUT2D eigenvalue weighted by Gasteiger charge is 2.46. The number of ketones is 1. The molecule has 3 aromatic rings. The number of nitrogens with one attached hydrogen (secondary N) is 1. The van der Waals surface area contributed by atoms with Gasteiger partial charge in [-0.15, -0.1) is 0 Å². The molecule has 1 aromatic heterocycles. The summed E-state index contributed by atoms with van der Waals surface area (Å²) in [7, 11) is 3.81. The van der Waals surface area contributed by atoms with Gasteiger partial charge in [0.2, 0.25) is 0 Å². The van der Waals surface area contributed by atoms with Gasteiger partial charge in [-0.05, 0) is 51.7 Å². The van der Waals surface area contributed by atoms with Crippen LogP contribution in [-0.2, 0) is 9.59 Å². The van der Waals surface area contributed by atoms with Crippen LogP contribution in [0, 0.1) is 0 Å². The number of para-hydroxylation sites is 1. The molecule has 2 heterocycles. The van der Waals surface area contributed by atoms with Crippen LogP contribution in [0.1, 0.15) is 31.0 Å². The Balaban J connectivity index is 1.89. The smallest absolute Gasteiger partial charge is 0.295 e. The van der Waals surface area contributed by atoms with E-state index < -0.39 is 17.7 Å². The molecule has 184 valence electrons. The molecule has 1 amide bonds. The Bertz CT molecular complexity index is 1280. The molecule has 35 heavy (non-hydrogen) atoms. The number of aliphatic hydroxyl groups is 1. The third kappa shape index (κ3) is 4.61. The van der Waals surface area contributed by atoms with Gasteiger partial charge in [0.1, 0.15) is 5.76 Å². The molecule has 2 aromatic carbocycles. The number of nitrogens with zero attached hydrogens (tertiary/aromatic N) is 2. The van der Waals surface area contributed by atoms with Gasteiger partial charge in [0, 0.05) is 35.8 Å². The minimum Gasteiger partial charge on any atom is -0.507 e. The third-order valence-electron chi connectivity index (χ3n) is 6.06. The van der Waals surface area contributed by atoms with Crippen LogP contribution in [0.4, 0.5) is 0 Å². The number of rotatable bonds is 9. The Morgan fingerprint density at radius 3 is 2.49 bits per heavy atom. The monoisotopic (exact) mass is 477 g/mol. The van der Waals surface area contributed by atoms with Gasteiger partial charge in [-0.25, -0.2) is 0 Å². The lowest BCUT2D eigenvalue weighted by atomic mass is 9.94. The highest BCUT2D eigenvalue weighted by molar-refractivity contribution is 6.46. The lowest BCUT2D eigenvalue weighted by Gasteiger charge is -2.27. The topological polar surface area (TPSA) is 95.1 Å². The van der Waals surface area contributed by atoms with Crippen LogP contribution in [-0.4, -0.2) is 72.0 Å². The lowest BCUT2D eigenvalue weighted by Crippen LogP contribution is -2.35. The second-order valence-corrected chi connectivity index (χ2v) is 8.62. The highest BCUT2D eigenvalue weighted by Crippen LogP contribution is 2.42. The molecule has 1 aliphatic heterocycles. The Morgan fingerprint density at radius 2 is 1.77 bits per heavy atom. The van der Waals surface area contributed by atoms with Gasteiger partial charge in [-0.1, -0.05) is 24.3 Å². The van der Waals surface area contributed by atoms with E-state index in [0.29, 0.717) is 48.9 Å². The summed E-state index contributed by atoms with van der Waals surface area (Å²) in [5.41, 5.74) is 2.03. The number of aliphatic hydroxyl groups excluding tert-OH is 1. The third-order valence-corrected chi connectivity index (χ3v) is 6.06. The fourth-order valence-electron chi connectivity index (χ4n) is 4.42. The molecule has 4 rings (SSSR count). The van der Waals surface area contributed by atoms with Gasteiger partial charge in [-0.3, -0.25) is 9.59 Å². The number of amides is 1. The first-order valence-electron chi connectivity index (χ1n) is 11.8. The number of ether oxygens (including phenoxy) is 2. The van der Waals surface area contributed by atoms with Gasteiger partial charge < -0.3 is 29.4 Å². The van der Waals surface area contributed by atoms with E-state index >= 15 is 0 Å². The zero-order valence-electron chi connectivity index (χ0n) is 20.5. The SMILES string of the molecule is CCOc1ccc(C2/C(=C(/O)c3c[nH]c4ccccc34)C(=O)C(=O)N2CCN(C)C)cc1OCC. The average Bonchev–Trinajstić information content (AvgIpc) is 3.38. The van der Waals surface area contributed by atoms with Gasteiger partial charge in [0.05, 0.1) is 24.8 Å². The van der Waals surface area contributed by atoms with Crippen molar-refractivity contribution in [3.8, 4) is 11.5 Å². The van der Waals surface area contributed by atoms with E-state index in [-0.39, 0.29) is 11.3 Å². The number of Topliss-reactive ketones (excluding diaryl/α,β-unsaturated/α-hetero) is 1. The largest absolute Gasteiger partial charge is 0.507 e. The van der Waals surface area contributed by atoms with E-state index in [1.807, 2.05) is 63.2 Å². The van der Waals surface area contributed by atoms with Crippen molar-refractivity contribution in [3.05, 3.63) is 65.4 Å². The Morgan fingerprint density at radius 1 is 1.06 bits per heavy atom. The molecule has 0 radical (unpaired) electrons. The maximum atomic E-state index is 13.3. The van der Waals surface area contributed by atoms with Gasteiger partial charge in [0.25, 0.3) is 11.7 Å². The van der Waals surface area contributed by atoms with Crippen molar-refractivity contribution in [2.75, 3.05) is 40.4 Å². The maximum Gasteiger partial charge on any atom is 0.295 e. The molecule has 0 saturated carbocycles. The van der Waals surface area contributed by atoms with E-state index in [4.69, 9.17) is 9.47 Å². The number of likely N-dealkylation sites (tertiary alicyclic amines) is 1. The molecule has 8 nitrogen and oxygen atoms in total. The molecule has 8 heteroatoms. The predicted molar refractivity (Wildman–Crippen MR) is 135 cm³/mol. The van der Waals surface area contributed by atoms with Crippen LogP contribution in [0.15, 0.2) is 54.2 Å². The van der Waals surface area contributed by atoms with Crippen molar-refractivity contribution >= 4 is 28.4 Å². The van der Waals surface area contributed by atoms with Crippen molar-refractivity contribution in [1.82, 2.24) is 14.8 Å². The molecular weight excluding hydrogens is 446 g/mol. The van der Waals surface area contributed by atoms with Crippen LogP contribution >= 0.6 is 0 Å². The van der Waals surface area contributed by atoms with Crippen molar-refractivity contribution in [1.29, 1.82) is 0 Å². The van der Waals surface area contributed by atoms with Gasteiger partial charge in [-0.2, -0.15) is 0 Å². The molecule has 1 unspecified atom stereocenters. The van der Waals surface area contributed by atoms with Gasteiger partial charge >= 0.3 is 0 Å². The number of aromatic nitrogens is 1. The molecule has 1 atom stereocenters. The minimum atomic E-state index is -0.765. The average molecular weight is 478 g/mol. The lowest BCUT2D eigenvalue weighted by molar-refractivity contribution is -0.140. The first kappa shape index (κ1) is 24.3. The summed E-state index contributed by atoms with van der Waals surface area (Å²) in [5.74, 6) is -0.435. The van der Waals surface area contributed by atoms with E-state index in [9.17, 15) is 14.7 Å². The molecule has 1 aliphatic rings. The number of fused-ring (bicyclic) bond motifs is 1. The van der Waals surface area contributed by atoms with Crippen LogP contribution in [0.25, 0.3) is 16.7 Å². The fourth-order valence-corrected chi connectivity index (χ4v) is 4.42. The first-order valence-corrected chi connectivity index (χ1v) is 11.8. The van der Waals surface area contributed by atoms with E-state index in [2.05, 4.69) is 4.98 Å². The number of H-pyrrole nitrogens is 1. The molecule has 0 spiro atoms. The van der Waals surface area contributed by atoms with Crippen LogP contribution in [0.3, 0.4) is 0 Å². The van der Waals surface area contributed by atoms with Crippen molar-refractivity contribution in [3.63, 3.8) is 0 Å². The predicted octanol–water partition coefficient (Wildman–Crippen LogP) is 3.95. The summed E-state index contributed by atoms with van der Waals surface area (Å²) in [4.78, 5) is 33.1. The summed E-state index contributed by atoms with van der Waals surface area (Å²) < 4.78 is 11.5. The van der Waals surface area contributed by atoms with Crippen molar-refractivity contribution in [2.24, 2.45) is 0 Å². The Labute approximate surface area is 204 Å². The van der Waals surface area contributed by atoms with E-state index in [1.165, 1.54) is 4.90 Å². The van der Waals surface area contributed by atoms with E-state index in [0.717, 1.165) is 10.9 Å². The normalized spacial score (nSPS) is 17.5. The summed E-state index contributed by atoms with van der Waals surface area (Å²) >= 11 is 0. The number of likely N-dealkylation sites (N-methyl/N-ethyl adjacent to an activating group) is 1. The Kier molecular flexibility index (Phi) is 7.12. The van der Waals surface area contributed by atoms with Crippen LogP contribution < -0.4 is 9.47 Å². The zero-order valence-corrected chi connectivity index (χ0v) is 20.5. The number of carbonyl (C=O) groups excluding carboxylic acids is 2. The summed E-state index contributed by atoms with van der Waals surface area (Å²) in [5, 5.41) is 12.2. The standard InChI is InChI=1S/C27H31N3O5/c1-5-34-21-12-11-17(15-22(21)35-6-2)24-23(26(32)27(33)30(24)14-13-29(3)4)25(31)19-16-28-20-10-8-7-9-18(19)20/h7-12,15-16,24,28,31H,5-6,13-14H2,1-4H3/b25-23-. The second kappa shape index (κ2) is 10.2. The zero-order chi connectivity index (χ0) is 25.1. The summed E-state index contributed by atoms with van der Waals surface area (Å²) in [6, 6.07) is 12.1. The second-order valence-electron chi connectivity index (χ2n) is 8.62. The Hall–Kier alpha value is -3.78. The molecular formula is C27H31N3O5. The van der Waals surface area contributed by atoms with Crippen LogP contribution in [0.2, 0.25) is 0 Å². The number of hydrogen-bond acceptors (Lipinski definition) is 6. The number of aromatic amines is 1. The fraction of sp³-hybridized carbons (Fsp3) is 0.333. The molecule has 1 saturated heterocycles. The quantitative estimate of drug-likeness (QED) is 0.275. The molecule has 0 aliphatic carbocycles. The number of benzene rings is 2. The first-order chi connectivity index (χ1) is 16.9. The van der Waals surface area contributed by atoms with Gasteiger partial charge in [0.15, 0.2) is 11.5 Å². The highest BCUT2D eigenvalue weighted by atomic mass is 16.5. The number of carbonyl (C=O) groups is 2. The molecule has 2 N–H and O–H groups in total. The number of hydrogen-bond donors (Lipinski definition) is 2. The summed E-state index contributed by atoms with van der Waals surface area (Å²) in [6.07, 6.45) is 1.66. The maximum absolute atomic E-state index is 13.3. The summed E-state index contributed by atoms with van der Waals surface area (Å²) in [6.45, 7) is 5.56. The van der Waals surface area contributed by atoms with E-state index in [1.54, 1.807) is 18.3 Å². The van der Waals surface area contributed by atoms with Crippen molar-refractivity contribution < 1.29 is 24.2 Å². The molecule has 0 bridgehead atoms. The minimum absolute atomic E-state index is 0.0603. The van der Waals surface area contributed by atoms with Crippen LogP contribution in [0.5, 0.6) is 11.5 Å². The van der Waals surface area contributed by atoms with Crippen molar-refractivity contribution in [2.45, 2.75) is 19.9 Å². The molecule has 1 fully saturated rings.